The van der Waals surface area contributed by atoms with Gasteiger partial charge in [-0.3, -0.25) is 9.97 Å². The zero-order valence-corrected chi connectivity index (χ0v) is 29.6. The van der Waals surface area contributed by atoms with Gasteiger partial charge in [-0.25, -0.2) is 0 Å². The molecular weight excluding hydrogens is 649 g/mol. The van der Waals surface area contributed by atoms with Gasteiger partial charge in [0.15, 0.2) is 0 Å². The molecular formula is C49H32N2S. The number of hydrogen-bond donors (Lipinski definition) is 0. The second kappa shape index (κ2) is 10.9. The highest BCUT2D eigenvalue weighted by molar-refractivity contribution is 7.26. The van der Waals surface area contributed by atoms with Gasteiger partial charge >= 0.3 is 0 Å². The van der Waals surface area contributed by atoms with Crippen LogP contribution in [0.5, 0.6) is 0 Å². The van der Waals surface area contributed by atoms with E-state index in [-0.39, 0.29) is 5.41 Å². The topological polar surface area (TPSA) is 25.8 Å². The summed E-state index contributed by atoms with van der Waals surface area (Å²) in [6, 6.07) is 53.9. The molecule has 0 saturated heterocycles. The average molecular weight is 681 g/mol. The Morgan fingerprint density at radius 3 is 1.71 bits per heavy atom. The fraction of sp³-hybridized carbons (Fsp3) is 0.0612. The monoisotopic (exact) mass is 680 g/mol. The summed E-state index contributed by atoms with van der Waals surface area (Å²) < 4.78 is 2.66. The van der Waals surface area contributed by atoms with Crippen LogP contribution in [0.1, 0.15) is 25.0 Å². The molecule has 0 saturated carbocycles. The van der Waals surface area contributed by atoms with Crippen molar-refractivity contribution in [2.24, 2.45) is 0 Å². The third-order valence-electron chi connectivity index (χ3n) is 11.4. The molecule has 0 amide bonds. The van der Waals surface area contributed by atoms with Crippen LogP contribution in [0.3, 0.4) is 0 Å². The zero-order valence-electron chi connectivity index (χ0n) is 28.8. The van der Waals surface area contributed by atoms with Crippen LogP contribution < -0.4 is 0 Å². The summed E-state index contributed by atoms with van der Waals surface area (Å²) in [5, 5.41) is 7.29. The largest absolute Gasteiger partial charge is 0.252 e. The van der Waals surface area contributed by atoms with E-state index in [0.29, 0.717) is 0 Å². The Kier molecular flexibility index (Phi) is 6.21. The molecule has 0 radical (unpaired) electrons. The fourth-order valence-electron chi connectivity index (χ4n) is 8.82. The molecule has 0 aliphatic heterocycles. The molecule has 244 valence electrons. The highest BCUT2D eigenvalue weighted by atomic mass is 32.1. The zero-order chi connectivity index (χ0) is 34.6. The van der Waals surface area contributed by atoms with Crippen molar-refractivity contribution in [1.29, 1.82) is 0 Å². The third-order valence-corrected chi connectivity index (χ3v) is 12.7. The Morgan fingerprint density at radius 2 is 0.923 bits per heavy atom. The lowest BCUT2D eigenvalue weighted by atomic mass is 9.81. The number of rotatable bonds is 3. The second-order valence-corrected chi connectivity index (χ2v) is 15.6. The summed E-state index contributed by atoms with van der Waals surface area (Å²) in [5.41, 5.74) is 14.8. The van der Waals surface area contributed by atoms with Gasteiger partial charge in [-0.1, -0.05) is 141 Å². The molecule has 10 aromatic rings. The van der Waals surface area contributed by atoms with Gasteiger partial charge in [0.25, 0.3) is 0 Å². The molecule has 1 aliphatic carbocycles. The molecule has 11 rings (SSSR count). The van der Waals surface area contributed by atoms with Crippen LogP contribution in [0.15, 0.2) is 158 Å². The van der Waals surface area contributed by atoms with E-state index >= 15 is 0 Å². The number of hydrogen-bond acceptors (Lipinski definition) is 3. The van der Waals surface area contributed by atoms with Crippen molar-refractivity contribution in [3.8, 4) is 44.5 Å². The molecule has 0 fully saturated rings. The SMILES string of the molecule is CC1(C)c2ccccc2-c2ccc(-c3cccc4c3sc3c(-c5cccc(-c6ccc7c8ccccc8c8nccnc8c7c6)c5)cccc34)cc21. The molecule has 2 aromatic heterocycles. The van der Waals surface area contributed by atoms with Crippen LogP contribution in [-0.4, -0.2) is 9.97 Å². The Bertz CT molecular complexity index is 3080. The third kappa shape index (κ3) is 4.17. The van der Waals surface area contributed by atoms with Crippen molar-refractivity contribution < 1.29 is 0 Å². The van der Waals surface area contributed by atoms with E-state index in [9.17, 15) is 0 Å². The molecule has 2 nitrogen and oxygen atoms in total. The van der Waals surface area contributed by atoms with Crippen LogP contribution in [0, 0.1) is 0 Å². The molecule has 0 N–H and O–H groups in total. The minimum atomic E-state index is -0.0342. The van der Waals surface area contributed by atoms with E-state index in [1.165, 1.54) is 86.6 Å². The van der Waals surface area contributed by atoms with Crippen molar-refractivity contribution in [1.82, 2.24) is 9.97 Å². The maximum absolute atomic E-state index is 4.82. The average Bonchev–Trinajstić information content (AvgIpc) is 3.70. The quantitative estimate of drug-likeness (QED) is 0.174. The highest BCUT2D eigenvalue weighted by Gasteiger charge is 2.35. The smallest absolute Gasteiger partial charge is 0.0971 e. The van der Waals surface area contributed by atoms with E-state index < -0.39 is 0 Å². The molecule has 0 spiro atoms. The van der Waals surface area contributed by atoms with Gasteiger partial charge in [0.2, 0.25) is 0 Å². The second-order valence-electron chi connectivity index (χ2n) is 14.5. The Labute approximate surface area is 305 Å². The van der Waals surface area contributed by atoms with Crippen LogP contribution >= 0.6 is 11.3 Å². The van der Waals surface area contributed by atoms with Crippen molar-refractivity contribution in [2.45, 2.75) is 19.3 Å². The summed E-state index contributed by atoms with van der Waals surface area (Å²) in [4.78, 5) is 9.57. The van der Waals surface area contributed by atoms with E-state index in [1.54, 1.807) is 12.4 Å². The highest BCUT2D eigenvalue weighted by Crippen LogP contribution is 2.51. The predicted octanol–water partition coefficient (Wildman–Crippen LogP) is 13.6. The molecule has 1 aliphatic rings. The first-order valence-corrected chi connectivity index (χ1v) is 18.7. The Hall–Kier alpha value is -6.16. The van der Waals surface area contributed by atoms with E-state index in [1.807, 2.05) is 11.3 Å². The lowest BCUT2D eigenvalue weighted by molar-refractivity contribution is 0.660. The minimum absolute atomic E-state index is 0.0342. The minimum Gasteiger partial charge on any atom is -0.252 e. The summed E-state index contributed by atoms with van der Waals surface area (Å²) >= 11 is 1.92. The maximum atomic E-state index is 4.82. The molecule has 3 heteroatoms. The standard InChI is InChI=1S/C49H32N2S/c1-49(2)43-19-6-5-13-37(43)38-23-21-32(28-44(38)49)34-16-9-18-41-40-17-8-15-33(47(40)52-48(34)41)31-11-7-10-29(26-31)30-20-22-36-35-12-3-4-14-39(35)45-46(42(36)27-30)51-25-24-50-45/h3-28H,1-2H3. The van der Waals surface area contributed by atoms with Gasteiger partial charge in [-0.15, -0.1) is 11.3 Å². The fourth-order valence-corrected chi connectivity index (χ4v) is 10.2. The van der Waals surface area contributed by atoms with Crippen LogP contribution in [0.2, 0.25) is 0 Å². The summed E-state index contributed by atoms with van der Waals surface area (Å²) in [6.07, 6.45) is 3.59. The van der Waals surface area contributed by atoms with E-state index in [4.69, 9.17) is 9.97 Å². The summed E-state index contributed by atoms with van der Waals surface area (Å²) in [6.45, 7) is 4.72. The lowest BCUT2D eigenvalue weighted by Gasteiger charge is -2.22. The van der Waals surface area contributed by atoms with E-state index in [2.05, 4.69) is 159 Å². The van der Waals surface area contributed by atoms with Crippen molar-refractivity contribution >= 4 is 64.1 Å². The molecule has 52 heavy (non-hydrogen) atoms. The Morgan fingerprint density at radius 1 is 0.385 bits per heavy atom. The first-order valence-electron chi connectivity index (χ1n) is 17.9. The van der Waals surface area contributed by atoms with Gasteiger partial charge in [-0.05, 0) is 84.6 Å². The molecule has 2 heterocycles. The molecule has 8 aromatic carbocycles. The van der Waals surface area contributed by atoms with Crippen molar-refractivity contribution in [3.63, 3.8) is 0 Å². The van der Waals surface area contributed by atoms with Crippen LogP contribution in [-0.2, 0) is 5.41 Å². The van der Waals surface area contributed by atoms with Gasteiger partial charge in [0, 0.05) is 48.8 Å². The number of nitrogens with zero attached hydrogens (tertiary/aromatic N) is 2. The molecule has 0 bridgehead atoms. The number of aromatic nitrogens is 2. The van der Waals surface area contributed by atoms with E-state index in [0.717, 1.165) is 21.8 Å². The first kappa shape index (κ1) is 29.6. The number of thiophene rings is 1. The van der Waals surface area contributed by atoms with Gasteiger partial charge in [0.1, 0.15) is 0 Å². The van der Waals surface area contributed by atoms with Gasteiger partial charge < -0.3 is 0 Å². The summed E-state index contributed by atoms with van der Waals surface area (Å²) in [5.74, 6) is 0. The number of benzene rings is 8. The van der Waals surface area contributed by atoms with Crippen LogP contribution in [0.4, 0.5) is 0 Å². The van der Waals surface area contributed by atoms with Crippen molar-refractivity contribution in [2.75, 3.05) is 0 Å². The molecule has 0 atom stereocenters. The molecule has 0 unspecified atom stereocenters. The predicted molar refractivity (Wildman–Crippen MR) is 221 cm³/mol. The lowest BCUT2D eigenvalue weighted by Crippen LogP contribution is -2.14. The maximum Gasteiger partial charge on any atom is 0.0971 e. The first-order chi connectivity index (χ1) is 25.5. The summed E-state index contributed by atoms with van der Waals surface area (Å²) in [7, 11) is 0. The van der Waals surface area contributed by atoms with Gasteiger partial charge in [-0.2, -0.15) is 0 Å². The van der Waals surface area contributed by atoms with Crippen LogP contribution in [0.25, 0.3) is 97.3 Å². The number of fused-ring (bicyclic) bond motifs is 12. The Balaban J connectivity index is 1.04. The normalized spacial score (nSPS) is 13.3. The van der Waals surface area contributed by atoms with Crippen molar-refractivity contribution in [3.05, 3.63) is 169 Å². The van der Waals surface area contributed by atoms with Gasteiger partial charge in [0.05, 0.1) is 11.0 Å².